The summed E-state index contributed by atoms with van der Waals surface area (Å²) in [7, 11) is 0. The molecule has 1 aromatic heterocycles. The molecule has 122 valence electrons. The second kappa shape index (κ2) is 5.48. The van der Waals surface area contributed by atoms with Gasteiger partial charge in [0.25, 0.3) is 11.5 Å². The minimum Gasteiger partial charge on any atom is -0.332 e. The number of carbonyl (C=O) groups excluding carboxylic acids is 1. The quantitative estimate of drug-likeness (QED) is 0.856. The third-order valence-electron chi connectivity index (χ3n) is 4.67. The third-order valence-corrected chi connectivity index (χ3v) is 4.67. The van der Waals surface area contributed by atoms with E-state index in [0.29, 0.717) is 16.5 Å². The molecule has 1 aliphatic heterocycles. The van der Waals surface area contributed by atoms with Gasteiger partial charge in [-0.05, 0) is 46.6 Å². The zero-order valence-corrected chi connectivity index (χ0v) is 14.2. The number of carbonyl (C=O) groups is 1. The normalized spacial score (nSPS) is 17.2. The van der Waals surface area contributed by atoms with Crippen molar-refractivity contribution in [2.75, 3.05) is 6.54 Å². The van der Waals surface area contributed by atoms with E-state index in [2.05, 4.69) is 18.9 Å². The fourth-order valence-corrected chi connectivity index (χ4v) is 3.33. The minimum absolute atomic E-state index is 0.0851. The summed E-state index contributed by atoms with van der Waals surface area (Å²) in [6.07, 6.45) is 1.99. The highest BCUT2D eigenvalue weighted by Crippen LogP contribution is 2.30. The average Bonchev–Trinajstić information content (AvgIpc) is 2.86. The fourth-order valence-electron chi connectivity index (χ4n) is 3.33. The Morgan fingerprint density at radius 1 is 1.22 bits per heavy atom. The van der Waals surface area contributed by atoms with Gasteiger partial charge in [-0.25, -0.2) is 4.68 Å². The van der Waals surface area contributed by atoms with E-state index in [1.54, 1.807) is 6.07 Å². The van der Waals surface area contributed by atoms with Crippen LogP contribution in [0.15, 0.2) is 29.1 Å². The number of likely N-dealkylation sites (tertiary alicyclic amines) is 1. The van der Waals surface area contributed by atoms with Gasteiger partial charge in [0.05, 0.1) is 11.4 Å². The van der Waals surface area contributed by atoms with Gasteiger partial charge in [0.2, 0.25) is 0 Å². The van der Waals surface area contributed by atoms with Crippen molar-refractivity contribution in [1.82, 2.24) is 14.7 Å². The van der Waals surface area contributed by atoms with Gasteiger partial charge in [0.1, 0.15) is 0 Å². The van der Waals surface area contributed by atoms with Crippen LogP contribution in [0.4, 0.5) is 0 Å². The van der Waals surface area contributed by atoms with E-state index in [9.17, 15) is 9.59 Å². The first-order chi connectivity index (χ1) is 10.8. The van der Waals surface area contributed by atoms with Crippen LogP contribution >= 0.6 is 0 Å². The van der Waals surface area contributed by atoms with Gasteiger partial charge in [-0.15, -0.1) is 0 Å². The molecule has 1 fully saturated rings. The van der Waals surface area contributed by atoms with Crippen LogP contribution in [0.2, 0.25) is 0 Å². The highest BCUT2D eigenvalue weighted by Gasteiger charge is 2.37. The van der Waals surface area contributed by atoms with Crippen LogP contribution in [0, 0.1) is 0 Å². The van der Waals surface area contributed by atoms with E-state index in [4.69, 9.17) is 0 Å². The van der Waals surface area contributed by atoms with Crippen LogP contribution < -0.4 is 5.56 Å². The molecule has 3 rings (SSSR count). The maximum Gasteiger partial charge on any atom is 0.275 e. The van der Waals surface area contributed by atoms with E-state index in [1.165, 1.54) is 4.68 Å². The summed E-state index contributed by atoms with van der Waals surface area (Å²) >= 11 is 0. The average molecular weight is 313 g/mol. The highest BCUT2D eigenvalue weighted by molar-refractivity contribution is 6.05. The van der Waals surface area contributed by atoms with Crippen molar-refractivity contribution in [3.63, 3.8) is 0 Å². The van der Waals surface area contributed by atoms with Gasteiger partial charge < -0.3 is 4.90 Å². The Labute approximate surface area is 135 Å². The number of hydrogen-bond acceptors (Lipinski definition) is 3. The van der Waals surface area contributed by atoms with Crippen LogP contribution in [-0.4, -0.2) is 32.7 Å². The van der Waals surface area contributed by atoms with E-state index in [-0.39, 0.29) is 23.0 Å². The molecule has 1 saturated heterocycles. The zero-order valence-electron chi connectivity index (χ0n) is 14.2. The molecule has 0 bridgehead atoms. The first-order valence-electron chi connectivity index (χ1n) is 8.16. The second-order valence-corrected chi connectivity index (χ2v) is 7.11. The van der Waals surface area contributed by atoms with Gasteiger partial charge in [0, 0.05) is 17.5 Å². The maximum absolute atomic E-state index is 13.1. The molecule has 5 heteroatoms. The van der Waals surface area contributed by atoms with Crippen molar-refractivity contribution in [1.29, 1.82) is 0 Å². The van der Waals surface area contributed by atoms with Crippen LogP contribution in [-0.2, 0) is 0 Å². The van der Waals surface area contributed by atoms with Crippen LogP contribution in [0.3, 0.4) is 0 Å². The zero-order chi connectivity index (χ0) is 16.8. The lowest BCUT2D eigenvalue weighted by Gasteiger charge is -2.31. The summed E-state index contributed by atoms with van der Waals surface area (Å²) in [5.41, 5.74) is 0.0651. The van der Waals surface area contributed by atoms with Crippen molar-refractivity contribution >= 4 is 16.7 Å². The molecule has 0 atom stereocenters. The van der Waals surface area contributed by atoms with Crippen molar-refractivity contribution < 1.29 is 4.79 Å². The number of amides is 1. The van der Waals surface area contributed by atoms with Crippen molar-refractivity contribution in [3.8, 4) is 0 Å². The van der Waals surface area contributed by atoms with E-state index < -0.39 is 0 Å². The van der Waals surface area contributed by atoms with Crippen LogP contribution in [0.25, 0.3) is 10.8 Å². The number of hydrogen-bond donors (Lipinski definition) is 0. The lowest BCUT2D eigenvalue weighted by atomic mass is 10.0. The van der Waals surface area contributed by atoms with Gasteiger partial charge in [-0.1, -0.05) is 18.2 Å². The predicted octanol–water partition coefficient (Wildman–Crippen LogP) is 2.99. The predicted molar refractivity (Wildman–Crippen MR) is 90.7 cm³/mol. The minimum atomic E-state index is -0.168. The standard InChI is InChI=1S/C18H23N3O2/c1-12(2)21-16(22)14-9-6-5-8-13(14)15(19-21)17(23)20-11-7-10-18(20,3)4/h5-6,8-9,12H,7,10-11H2,1-4H3. The summed E-state index contributed by atoms with van der Waals surface area (Å²) in [6.45, 7) is 8.70. The molecule has 1 amide bonds. The Hall–Kier alpha value is -2.17. The monoisotopic (exact) mass is 313 g/mol. The van der Waals surface area contributed by atoms with Gasteiger partial charge in [0.15, 0.2) is 5.69 Å². The Morgan fingerprint density at radius 2 is 1.87 bits per heavy atom. The smallest absolute Gasteiger partial charge is 0.275 e. The summed E-state index contributed by atoms with van der Waals surface area (Å²) in [5, 5.41) is 5.62. The molecule has 0 unspecified atom stereocenters. The molecule has 0 radical (unpaired) electrons. The van der Waals surface area contributed by atoms with Gasteiger partial charge in [-0.2, -0.15) is 5.10 Å². The van der Waals surface area contributed by atoms with Crippen molar-refractivity contribution in [2.24, 2.45) is 0 Å². The molecular weight excluding hydrogens is 290 g/mol. The SMILES string of the molecule is CC(C)n1nc(C(=O)N2CCCC2(C)C)c2ccccc2c1=O. The summed E-state index contributed by atoms with van der Waals surface area (Å²) in [6, 6.07) is 7.15. The van der Waals surface area contributed by atoms with E-state index >= 15 is 0 Å². The Morgan fingerprint density at radius 3 is 2.43 bits per heavy atom. The molecule has 0 N–H and O–H groups in total. The largest absolute Gasteiger partial charge is 0.332 e. The molecule has 1 aliphatic rings. The lowest BCUT2D eigenvalue weighted by molar-refractivity contribution is 0.0645. The van der Waals surface area contributed by atoms with Crippen LogP contribution in [0.1, 0.15) is 57.1 Å². The molecule has 0 saturated carbocycles. The number of aromatic nitrogens is 2. The molecule has 5 nitrogen and oxygen atoms in total. The molecule has 23 heavy (non-hydrogen) atoms. The Bertz CT molecular complexity index is 821. The van der Waals surface area contributed by atoms with Gasteiger partial charge in [-0.3, -0.25) is 9.59 Å². The molecule has 1 aromatic carbocycles. The highest BCUT2D eigenvalue weighted by atomic mass is 16.2. The molecular formula is C18H23N3O2. The van der Waals surface area contributed by atoms with E-state index in [0.717, 1.165) is 19.4 Å². The molecule has 2 heterocycles. The second-order valence-electron chi connectivity index (χ2n) is 7.11. The number of fused-ring (bicyclic) bond motifs is 1. The number of rotatable bonds is 2. The molecule has 0 aliphatic carbocycles. The molecule has 0 spiro atoms. The maximum atomic E-state index is 13.1. The first-order valence-corrected chi connectivity index (χ1v) is 8.16. The third kappa shape index (κ3) is 2.54. The van der Waals surface area contributed by atoms with Crippen molar-refractivity contribution in [2.45, 2.75) is 52.1 Å². The fraction of sp³-hybridized carbons (Fsp3) is 0.500. The van der Waals surface area contributed by atoms with E-state index in [1.807, 2.05) is 36.9 Å². The summed E-state index contributed by atoms with van der Waals surface area (Å²) in [5.74, 6) is -0.0851. The topological polar surface area (TPSA) is 55.2 Å². The van der Waals surface area contributed by atoms with Crippen molar-refractivity contribution in [3.05, 3.63) is 40.3 Å². The number of nitrogens with zero attached hydrogens (tertiary/aromatic N) is 3. The Balaban J connectivity index is 2.23. The lowest BCUT2D eigenvalue weighted by Crippen LogP contribution is -2.43. The summed E-state index contributed by atoms with van der Waals surface area (Å²) in [4.78, 5) is 27.6. The van der Waals surface area contributed by atoms with Gasteiger partial charge >= 0.3 is 0 Å². The first kappa shape index (κ1) is 15.7. The summed E-state index contributed by atoms with van der Waals surface area (Å²) < 4.78 is 1.42. The molecule has 2 aromatic rings. The van der Waals surface area contributed by atoms with Crippen LogP contribution in [0.5, 0.6) is 0 Å². The number of benzene rings is 1. The Kier molecular flexibility index (Phi) is 3.74.